The maximum Gasteiger partial charge on any atom is 0.335 e. The number of rotatable bonds is 9. The van der Waals surface area contributed by atoms with Crippen LogP contribution in [0, 0.1) is 0 Å². The Morgan fingerprint density at radius 3 is 2.69 bits per heavy atom. The SMILES string of the molecule is O=C(O)c1ccc2nc(CN3CCC(c4cccc(OCc5cccc6ccncc56)n4)CC3)n(CC3CCO3)c2c1. The number of imidazole rings is 1. The number of pyridine rings is 2. The zero-order valence-corrected chi connectivity index (χ0v) is 23.4. The summed E-state index contributed by atoms with van der Waals surface area (Å²) in [7, 11) is 0. The van der Waals surface area contributed by atoms with Crippen LogP contribution in [0.25, 0.3) is 21.8 Å². The predicted octanol–water partition coefficient (Wildman–Crippen LogP) is 5.43. The molecule has 2 saturated heterocycles. The van der Waals surface area contributed by atoms with Crippen LogP contribution in [0.1, 0.15) is 52.6 Å². The molecule has 42 heavy (non-hydrogen) atoms. The number of ether oxygens (including phenoxy) is 2. The van der Waals surface area contributed by atoms with Crippen LogP contribution in [-0.4, -0.2) is 61.3 Å². The van der Waals surface area contributed by atoms with Gasteiger partial charge in [0, 0.05) is 42.1 Å². The van der Waals surface area contributed by atoms with Crippen LogP contribution in [-0.2, 0) is 24.4 Å². The van der Waals surface area contributed by atoms with Gasteiger partial charge in [-0.1, -0.05) is 24.3 Å². The first-order chi connectivity index (χ1) is 20.6. The number of aromatic nitrogens is 4. The molecule has 1 atom stereocenters. The van der Waals surface area contributed by atoms with Gasteiger partial charge in [-0.15, -0.1) is 0 Å². The summed E-state index contributed by atoms with van der Waals surface area (Å²) in [5.74, 6) is 1.04. The molecule has 3 aromatic heterocycles. The zero-order chi connectivity index (χ0) is 28.5. The third-order valence-electron chi connectivity index (χ3n) is 8.52. The number of aromatic carboxylic acids is 1. The largest absolute Gasteiger partial charge is 0.478 e. The zero-order valence-electron chi connectivity index (χ0n) is 23.4. The quantitative estimate of drug-likeness (QED) is 0.254. The summed E-state index contributed by atoms with van der Waals surface area (Å²) in [6, 6.07) is 19.4. The lowest BCUT2D eigenvalue weighted by molar-refractivity contribution is -0.0592. The molecular formula is C33H33N5O4. The average molecular weight is 564 g/mol. The number of nitrogens with zero attached hydrogens (tertiary/aromatic N) is 5. The third kappa shape index (κ3) is 5.45. The Kier molecular flexibility index (Phi) is 7.27. The fourth-order valence-electron chi connectivity index (χ4n) is 6.04. The topological polar surface area (TPSA) is 103 Å². The van der Waals surface area contributed by atoms with E-state index in [1.165, 1.54) is 0 Å². The Hall–Kier alpha value is -4.34. The van der Waals surface area contributed by atoms with Gasteiger partial charge >= 0.3 is 5.97 Å². The van der Waals surface area contributed by atoms with E-state index < -0.39 is 5.97 Å². The standard InChI is InChI=1S/C33H33N5O4/c39-33(40)24-7-8-29-30(17-24)38(19-26-12-16-41-26)31(35-29)20-37-14-10-23(11-15-37)28-5-2-6-32(36-28)42-21-25-4-1-3-22-9-13-34-18-27(22)25/h1-9,13,17-18,23,26H,10-12,14-16,19-21H2,(H,39,40). The van der Waals surface area contributed by atoms with Gasteiger partial charge in [0.05, 0.1) is 35.8 Å². The van der Waals surface area contributed by atoms with Crippen LogP contribution in [0.4, 0.5) is 0 Å². The molecular weight excluding hydrogens is 530 g/mol. The van der Waals surface area contributed by atoms with E-state index in [1.807, 2.05) is 36.5 Å². The molecule has 5 heterocycles. The first-order valence-electron chi connectivity index (χ1n) is 14.6. The van der Waals surface area contributed by atoms with Gasteiger partial charge in [0.2, 0.25) is 5.88 Å². The summed E-state index contributed by atoms with van der Waals surface area (Å²) in [6.07, 6.45) is 6.85. The second-order valence-corrected chi connectivity index (χ2v) is 11.2. The summed E-state index contributed by atoms with van der Waals surface area (Å²) in [5, 5.41) is 11.8. The van der Waals surface area contributed by atoms with Gasteiger partial charge in [0.1, 0.15) is 12.4 Å². The minimum absolute atomic E-state index is 0.151. The summed E-state index contributed by atoms with van der Waals surface area (Å²) >= 11 is 0. The molecule has 0 saturated carbocycles. The maximum atomic E-state index is 11.6. The van der Waals surface area contributed by atoms with Crippen molar-refractivity contribution in [2.75, 3.05) is 19.7 Å². The Morgan fingerprint density at radius 2 is 1.88 bits per heavy atom. The molecule has 0 spiro atoms. The molecule has 2 aliphatic heterocycles. The molecule has 9 heteroatoms. The van der Waals surface area contributed by atoms with E-state index in [2.05, 4.69) is 32.7 Å². The molecule has 0 bridgehead atoms. The number of hydrogen-bond acceptors (Lipinski definition) is 7. The minimum Gasteiger partial charge on any atom is -0.478 e. The van der Waals surface area contributed by atoms with E-state index in [-0.39, 0.29) is 11.7 Å². The highest BCUT2D eigenvalue weighted by Gasteiger charge is 2.26. The van der Waals surface area contributed by atoms with E-state index in [4.69, 9.17) is 19.4 Å². The molecule has 1 N–H and O–H groups in total. The smallest absolute Gasteiger partial charge is 0.335 e. The normalized spacial score (nSPS) is 17.9. The Balaban J connectivity index is 1.01. The number of carboxylic acids is 1. The van der Waals surface area contributed by atoms with Gasteiger partial charge in [-0.2, -0.15) is 0 Å². The highest BCUT2D eigenvalue weighted by molar-refractivity contribution is 5.92. The van der Waals surface area contributed by atoms with Gasteiger partial charge in [0.15, 0.2) is 0 Å². The fourth-order valence-corrected chi connectivity index (χ4v) is 6.04. The molecule has 5 aromatic rings. The Bertz CT molecular complexity index is 1730. The molecule has 2 fully saturated rings. The molecule has 1 unspecified atom stereocenters. The van der Waals surface area contributed by atoms with Crippen molar-refractivity contribution < 1.29 is 19.4 Å². The molecule has 0 amide bonds. The molecule has 2 aromatic carbocycles. The van der Waals surface area contributed by atoms with E-state index >= 15 is 0 Å². The van der Waals surface area contributed by atoms with E-state index in [1.54, 1.807) is 18.3 Å². The number of fused-ring (bicyclic) bond motifs is 2. The van der Waals surface area contributed by atoms with Crippen LogP contribution in [0.3, 0.4) is 0 Å². The molecule has 2 aliphatic rings. The Labute approximate surface area is 243 Å². The summed E-state index contributed by atoms with van der Waals surface area (Å²) in [6.45, 7) is 4.50. The molecule has 7 rings (SSSR count). The van der Waals surface area contributed by atoms with Crippen molar-refractivity contribution in [3.63, 3.8) is 0 Å². The second kappa shape index (κ2) is 11.5. The maximum absolute atomic E-state index is 11.6. The number of likely N-dealkylation sites (tertiary alicyclic amines) is 1. The van der Waals surface area contributed by atoms with Gasteiger partial charge in [0.25, 0.3) is 0 Å². The van der Waals surface area contributed by atoms with Gasteiger partial charge < -0.3 is 19.1 Å². The van der Waals surface area contributed by atoms with Gasteiger partial charge in [-0.3, -0.25) is 9.88 Å². The van der Waals surface area contributed by atoms with Crippen molar-refractivity contribution in [2.24, 2.45) is 0 Å². The summed E-state index contributed by atoms with van der Waals surface area (Å²) < 4.78 is 14.0. The van der Waals surface area contributed by atoms with Crippen LogP contribution in [0.5, 0.6) is 5.88 Å². The second-order valence-electron chi connectivity index (χ2n) is 11.2. The monoisotopic (exact) mass is 563 g/mol. The van der Waals surface area contributed by atoms with Crippen molar-refractivity contribution in [3.05, 3.63) is 95.7 Å². The van der Waals surface area contributed by atoms with E-state index in [0.717, 1.165) is 77.8 Å². The van der Waals surface area contributed by atoms with Crippen molar-refractivity contribution in [1.82, 2.24) is 24.4 Å². The van der Waals surface area contributed by atoms with Crippen molar-refractivity contribution in [2.45, 2.75) is 51.0 Å². The fraction of sp³-hybridized carbons (Fsp3) is 0.333. The number of carbonyl (C=O) groups is 1. The summed E-state index contributed by atoms with van der Waals surface area (Å²) in [5.41, 5.74) is 4.12. The number of benzene rings is 2. The van der Waals surface area contributed by atoms with Crippen molar-refractivity contribution in [1.29, 1.82) is 0 Å². The first-order valence-corrected chi connectivity index (χ1v) is 14.6. The molecule has 9 nitrogen and oxygen atoms in total. The van der Waals surface area contributed by atoms with E-state index in [0.29, 0.717) is 31.5 Å². The number of hydrogen-bond donors (Lipinski definition) is 1. The van der Waals surface area contributed by atoms with Gasteiger partial charge in [-0.05, 0) is 73.6 Å². The highest BCUT2D eigenvalue weighted by Crippen LogP contribution is 2.30. The Morgan fingerprint density at radius 1 is 1.02 bits per heavy atom. The van der Waals surface area contributed by atoms with Crippen LogP contribution < -0.4 is 4.74 Å². The number of carboxylic acid groups (broad SMARTS) is 1. The lowest BCUT2D eigenvalue weighted by Gasteiger charge is -2.32. The number of piperidine rings is 1. The predicted molar refractivity (Wildman–Crippen MR) is 159 cm³/mol. The first kappa shape index (κ1) is 26.6. The average Bonchev–Trinajstić information content (AvgIpc) is 3.34. The molecule has 0 radical (unpaired) electrons. The lowest BCUT2D eigenvalue weighted by atomic mass is 9.93. The van der Waals surface area contributed by atoms with Crippen molar-refractivity contribution >= 4 is 27.8 Å². The molecule has 214 valence electrons. The van der Waals surface area contributed by atoms with Gasteiger partial charge in [-0.25, -0.2) is 14.8 Å². The van der Waals surface area contributed by atoms with Crippen LogP contribution >= 0.6 is 0 Å². The summed E-state index contributed by atoms with van der Waals surface area (Å²) in [4.78, 5) is 28.1. The third-order valence-corrected chi connectivity index (χ3v) is 8.52. The van der Waals surface area contributed by atoms with Crippen LogP contribution in [0.2, 0.25) is 0 Å². The molecule has 0 aliphatic carbocycles. The van der Waals surface area contributed by atoms with Crippen molar-refractivity contribution in [3.8, 4) is 5.88 Å². The lowest BCUT2D eigenvalue weighted by Crippen LogP contribution is -2.35. The minimum atomic E-state index is -0.929. The highest BCUT2D eigenvalue weighted by atomic mass is 16.5. The van der Waals surface area contributed by atoms with E-state index in [9.17, 15) is 9.90 Å². The van der Waals surface area contributed by atoms with Crippen LogP contribution in [0.15, 0.2) is 73.1 Å².